The molecule has 0 aromatic heterocycles. The van der Waals surface area contributed by atoms with Crippen LogP contribution >= 0.6 is 0 Å². The second kappa shape index (κ2) is 6.01. The summed E-state index contributed by atoms with van der Waals surface area (Å²) in [5.41, 5.74) is 1.67. The van der Waals surface area contributed by atoms with Gasteiger partial charge in [0.2, 0.25) is 0 Å². The average molecular weight is 288 g/mol. The molecule has 2 aromatic rings. The topological polar surface area (TPSA) is 51.2 Å². The van der Waals surface area contributed by atoms with E-state index in [9.17, 15) is 13.2 Å². The molecular weight excluding hydrogens is 272 g/mol. The number of carbonyl (C=O) groups excluding carboxylic acids is 1. The van der Waals surface area contributed by atoms with Gasteiger partial charge in [-0.2, -0.15) is 0 Å². The van der Waals surface area contributed by atoms with Gasteiger partial charge in [-0.15, -0.1) is 0 Å². The van der Waals surface area contributed by atoms with Gasteiger partial charge in [0.25, 0.3) is 0 Å². The van der Waals surface area contributed by atoms with Crippen LogP contribution in [0.25, 0.3) is 0 Å². The van der Waals surface area contributed by atoms with Crippen molar-refractivity contribution < 1.29 is 13.2 Å². The van der Waals surface area contributed by atoms with Gasteiger partial charge >= 0.3 is 0 Å². The van der Waals surface area contributed by atoms with Gasteiger partial charge < -0.3 is 0 Å². The van der Waals surface area contributed by atoms with E-state index in [1.54, 1.807) is 12.1 Å². The zero-order valence-corrected chi connectivity index (χ0v) is 12.1. The van der Waals surface area contributed by atoms with Gasteiger partial charge in [-0.1, -0.05) is 42.5 Å². The van der Waals surface area contributed by atoms with E-state index in [0.29, 0.717) is 18.4 Å². The number of ketones is 1. The predicted octanol–water partition coefficient (Wildman–Crippen LogP) is 2.91. The van der Waals surface area contributed by atoms with E-state index in [4.69, 9.17) is 0 Å². The highest BCUT2D eigenvalue weighted by atomic mass is 32.2. The number of hydrogen-bond acceptors (Lipinski definition) is 3. The van der Waals surface area contributed by atoms with Crippen molar-refractivity contribution >= 4 is 15.6 Å². The summed E-state index contributed by atoms with van der Waals surface area (Å²) in [6.45, 7) is 0. The normalized spacial score (nSPS) is 11.2. The molecule has 0 radical (unpaired) electrons. The van der Waals surface area contributed by atoms with Crippen molar-refractivity contribution in [2.24, 2.45) is 0 Å². The summed E-state index contributed by atoms with van der Waals surface area (Å²) in [4.78, 5) is 12.3. The Hall–Kier alpha value is -1.94. The van der Waals surface area contributed by atoms with Crippen molar-refractivity contribution in [1.29, 1.82) is 0 Å². The lowest BCUT2D eigenvalue weighted by molar-refractivity contribution is 0.0982. The third-order valence-corrected chi connectivity index (χ3v) is 4.22. The van der Waals surface area contributed by atoms with Crippen molar-refractivity contribution in [3.8, 4) is 0 Å². The maximum absolute atomic E-state index is 12.0. The summed E-state index contributed by atoms with van der Waals surface area (Å²) in [6.07, 6.45) is 2.26. The van der Waals surface area contributed by atoms with Crippen LogP contribution in [-0.2, 0) is 16.3 Å². The van der Waals surface area contributed by atoms with Gasteiger partial charge in [-0.3, -0.25) is 4.79 Å². The minimum atomic E-state index is -3.21. The van der Waals surface area contributed by atoms with Gasteiger partial charge in [-0.25, -0.2) is 8.42 Å². The van der Waals surface area contributed by atoms with E-state index in [0.717, 1.165) is 11.8 Å². The molecule has 0 saturated carbocycles. The smallest absolute Gasteiger partial charge is 0.175 e. The standard InChI is InChI=1S/C16H16O3S/c1-20(18,19)15-10-8-14(9-11-15)16(17)12-7-13-5-3-2-4-6-13/h2-6,8-11H,7,12H2,1H3. The Bertz CT molecular complexity index is 686. The highest BCUT2D eigenvalue weighted by Gasteiger charge is 2.10. The number of sulfone groups is 1. The Morgan fingerprint density at radius 3 is 2.10 bits per heavy atom. The molecule has 0 atom stereocenters. The first kappa shape index (κ1) is 14.5. The highest BCUT2D eigenvalue weighted by Crippen LogP contribution is 2.13. The first-order valence-electron chi connectivity index (χ1n) is 6.34. The van der Waals surface area contributed by atoms with E-state index in [2.05, 4.69) is 0 Å². The SMILES string of the molecule is CS(=O)(=O)c1ccc(C(=O)CCc2ccccc2)cc1. The van der Waals surface area contributed by atoms with Crippen LogP contribution in [0, 0.1) is 0 Å². The van der Waals surface area contributed by atoms with E-state index >= 15 is 0 Å². The predicted molar refractivity (Wildman–Crippen MR) is 78.6 cm³/mol. The molecule has 104 valence electrons. The van der Waals surface area contributed by atoms with Crippen LogP contribution < -0.4 is 0 Å². The van der Waals surface area contributed by atoms with Gasteiger partial charge in [0.15, 0.2) is 15.6 Å². The fraction of sp³-hybridized carbons (Fsp3) is 0.188. The molecule has 0 N–H and O–H groups in total. The number of rotatable bonds is 5. The quantitative estimate of drug-likeness (QED) is 0.795. The number of hydrogen-bond donors (Lipinski definition) is 0. The summed E-state index contributed by atoms with van der Waals surface area (Å²) < 4.78 is 22.7. The molecule has 0 bridgehead atoms. The van der Waals surface area contributed by atoms with E-state index in [1.165, 1.54) is 12.1 Å². The number of Topliss-reactive ketones (excluding diaryl/α,β-unsaturated/α-hetero) is 1. The third-order valence-electron chi connectivity index (χ3n) is 3.09. The molecule has 0 aliphatic carbocycles. The lowest BCUT2D eigenvalue weighted by atomic mass is 10.0. The molecule has 0 fully saturated rings. The van der Waals surface area contributed by atoms with E-state index < -0.39 is 9.84 Å². The molecule has 2 aromatic carbocycles. The molecule has 20 heavy (non-hydrogen) atoms. The Morgan fingerprint density at radius 1 is 0.950 bits per heavy atom. The second-order valence-electron chi connectivity index (χ2n) is 4.71. The molecule has 3 nitrogen and oxygen atoms in total. The van der Waals surface area contributed by atoms with Crippen LogP contribution in [0.2, 0.25) is 0 Å². The van der Waals surface area contributed by atoms with Crippen LogP contribution in [0.4, 0.5) is 0 Å². The largest absolute Gasteiger partial charge is 0.294 e. The zero-order chi connectivity index (χ0) is 14.6. The maximum Gasteiger partial charge on any atom is 0.175 e. The molecular formula is C16H16O3S. The molecule has 4 heteroatoms. The van der Waals surface area contributed by atoms with Crippen molar-refractivity contribution in [2.45, 2.75) is 17.7 Å². The van der Waals surface area contributed by atoms with Gasteiger partial charge in [0.1, 0.15) is 0 Å². The lowest BCUT2D eigenvalue weighted by Crippen LogP contribution is -2.03. The van der Waals surface area contributed by atoms with Crippen molar-refractivity contribution in [1.82, 2.24) is 0 Å². The minimum absolute atomic E-state index is 0.0221. The summed E-state index contributed by atoms with van der Waals surface area (Å²) >= 11 is 0. The van der Waals surface area contributed by atoms with E-state index in [-0.39, 0.29) is 10.7 Å². The summed E-state index contributed by atoms with van der Waals surface area (Å²) in [7, 11) is -3.21. The van der Waals surface area contributed by atoms with E-state index in [1.807, 2.05) is 30.3 Å². The number of aryl methyl sites for hydroxylation is 1. The van der Waals surface area contributed by atoms with Crippen LogP contribution in [0.15, 0.2) is 59.5 Å². The van der Waals surface area contributed by atoms with Crippen molar-refractivity contribution in [3.05, 3.63) is 65.7 Å². The van der Waals surface area contributed by atoms with Crippen LogP contribution in [0.5, 0.6) is 0 Å². The van der Waals surface area contributed by atoms with Gasteiger partial charge in [-0.05, 0) is 24.1 Å². The van der Waals surface area contributed by atoms with Crippen molar-refractivity contribution in [2.75, 3.05) is 6.26 Å². The molecule has 0 aliphatic heterocycles. The summed E-state index contributed by atoms with van der Waals surface area (Å²) in [6, 6.07) is 15.9. The Balaban J connectivity index is 2.03. The van der Waals surface area contributed by atoms with Crippen LogP contribution in [-0.4, -0.2) is 20.5 Å². The lowest BCUT2D eigenvalue weighted by Gasteiger charge is -2.03. The molecule has 0 aliphatic rings. The fourth-order valence-electron chi connectivity index (χ4n) is 1.93. The minimum Gasteiger partial charge on any atom is -0.294 e. The molecule has 0 unspecified atom stereocenters. The van der Waals surface area contributed by atoms with Crippen LogP contribution in [0.3, 0.4) is 0 Å². The first-order valence-corrected chi connectivity index (χ1v) is 8.23. The summed E-state index contributed by atoms with van der Waals surface area (Å²) in [5, 5.41) is 0. The molecule has 0 saturated heterocycles. The molecule has 2 rings (SSSR count). The Morgan fingerprint density at radius 2 is 1.55 bits per heavy atom. The monoisotopic (exact) mass is 288 g/mol. The van der Waals surface area contributed by atoms with Crippen LogP contribution in [0.1, 0.15) is 22.3 Å². The second-order valence-corrected chi connectivity index (χ2v) is 6.72. The molecule has 0 amide bonds. The van der Waals surface area contributed by atoms with Gasteiger partial charge in [0.05, 0.1) is 4.90 Å². The first-order chi connectivity index (χ1) is 9.47. The molecule has 0 heterocycles. The number of carbonyl (C=O) groups is 1. The van der Waals surface area contributed by atoms with Crippen molar-refractivity contribution in [3.63, 3.8) is 0 Å². The molecule has 0 spiro atoms. The summed E-state index contributed by atoms with van der Waals surface area (Å²) in [5.74, 6) is 0.0221. The fourth-order valence-corrected chi connectivity index (χ4v) is 2.57. The van der Waals surface area contributed by atoms with Gasteiger partial charge in [0, 0.05) is 18.2 Å². The highest BCUT2D eigenvalue weighted by molar-refractivity contribution is 7.90. The third kappa shape index (κ3) is 3.78. The zero-order valence-electron chi connectivity index (χ0n) is 11.2. The Kier molecular flexibility index (Phi) is 4.35. The number of benzene rings is 2. The average Bonchev–Trinajstić information content (AvgIpc) is 2.45. The maximum atomic E-state index is 12.0. The Labute approximate surface area is 119 Å².